The Morgan fingerprint density at radius 1 is 1.12 bits per heavy atom. The molecule has 0 amide bonds. The Hall–Kier alpha value is -0.820. The molecule has 0 aromatic heterocycles. The highest BCUT2D eigenvalue weighted by Gasteiger charge is 2.13. The van der Waals surface area contributed by atoms with Gasteiger partial charge in [0.15, 0.2) is 5.96 Å². The van der Waals surface area contributed by atoms with Gasteiger partial charge in [-0.15, -0.1) is 24.0 Å². The van der Waals surface area contributed by atoms with E-state index in [2.05, 4.69) is 53.3 Å². The Labute approximate surface area is 164 Å². The van der Waals surface area contributed by atoms with Gasteiger partial charge >= 0.3 is 0 Å². The highest BCUT2D eigenvalue weighted by molar-refractivity contribution is 14.0. The second-order valence-electron chi connectivity index (χ2n) is 6.41. The molecule has 0 heterocycles. The molecule has 0 spiro atoms. The third-order valence-electron chi connectivity index (χ3n) is 4.78. The SMILES string of the molecule is CCN(CC)Cc1ccccc1CN=C(N)NC1CCCCC1.I. The molecule has 0 aliphatic heterocycles. The van der Waals surface area contributed by atoms with Gasteiger partial charge in [-0.1, -0.05) is 57.4 Å². The maximum Gasteiger partial charge on any atom is 0.189 e. The highest BCUT2D eigenvalue weighted by atomic mass is 127. The monoisotopic (exact) mass is 444 g/mol. The summed E-state index contributed by atoms with van der Waals surface area (Å²) < 4.78 is 0. The van der Waals surface area contributed by atoms with Crippen LogP contribution in [-0.2, 0) is 13.1 Å². The van der Waals surface area contributed by atoms with Crippen molar-refractivity contribution in [2.75, 3.05) is 13.1 Å². The lowest BCUT2D eigenvalue weighted by Crippen LogP contribution is -2.41. The number of aliphatic imine (C=N–C) groups is 1. The van der Waals surface area contributed by atoms with Crippen LogP contribution in [0, 0.1) is 0 Å². The number of nitrogens with two attached hydrogens (primary N) is 1. The third kappa shape index (κ3) is 6.97. The number of rotatable bonds is 7. The minimum absolute atomic E-state index is 0. The fourth-order valence-electron chi connectivity index (χ4n) is 3.23. The molecule has 2 rings (SSSR count). The maximum absolute atomic E-state index is 6.08. The fraction of sp³-hybridized carbons (Fsp3) is 0.632. The van der Waals surface area contributed by atoms with Gasteiger partial charge in [0.25, 0.3) is 0 Å². The van der Waals surface area contributed by atoms with Gasteiger partial charge in [-0.2, -0.15) is 0 Å². The average Bonchev–Trinajstić information content (AvgIpc) is 2.59. The van der Waals surface area contributed by atoms with E-state index in [1.54, 1.807) is 0 Å². The van der Waals surface area contributed by atoms with E-state index in [0.717, 1.165) is 19.6 Å². The Morgan fingerprint density at radius 3 is 2.38 bits per heavy atom. The van der Waals surface area contributed by atoms with Crippen molar-refractivity contribution < 1.29 is 0 Å². The highest BCUT2D eigenvalue weighted by Crippen LogP contribution is 2.17. The van der Waals surface area contributed by atoms with Crippen LogP contribution in [-0.4, -0.2) is 30.0 Å². The first kappa shape index (κ1) is 21.2. The summed E-state index contributed by atoms with van der Waals surface area (Å²) in [5.74, 6) is 0.592. The van der Waals surface area contributed by atoms with Crippen molar-refractivity contribution in [2.24, 2.45) is 10.7 Å². The van der Waals surface area contributed by atoms with Crippen LogP contribution >= 0.6 is 24.0 Å². The number of nitrogens with zero attached hydrogens (tertiary/aromatic N) is 2. The molecule has 0 bridgehead atoms. The summed E-state index contributed by atoms with van der Waals surface area (Å²) in [4.78, 5) is 7.00. The molecule has 1 aliphatic rings. The van der Waals surface area contributed by atoms with Gasteiger partial charge in [-0.25, -0.2) is 4.99 Å². The van der Waals surface area contributed by atoms with E-state index in [1.165, 1.54) is 43.2 Å². The van der Waals surface area contributed by atoms with Gasteiger partial charge in [0.05, 0.1) is 6.54 Å². The van der Waals surface area contributed by atoms with Crippen molar-refractivity contribution in [1.29, 1.82) is 0 Å². The van der Waals surface area contributed by atoms with E-state index in [0.29, 0.717) is 18.5 Å². The molecule has 1 fully saturated rings. The quantitative estimate of drug-likeness (QED) is 0.381. The number of hydrogen-bond acceptors (Lipinski definition) is 2. The van der Waals surface area contributed by atoms with E-state index in [4.69, 9.17) is 5.73 Å². The summed E-state index contributed by atoms with van der Waals surface area (Å²) in [5.41, 5.74) is 8.71. The van der Waals surface area contributed by atoms with E-state index in [9.17, 15) is 0 Å². The largest absolute Gasteiger partial charge is 0.370 e. The van der Waals surface area contributed by atoms with E-state index < -0.39 is 0 Å². The molecule has 0 atom stereocenters. The minimum Gasteiger partial charge on any atom is -0.370 e. The van der Waals surface area contributed by atoms with Crippen molar-refractivity contribution in [3.05, 3.63) is 35.4 Å². The van der Waals surface area contributed by atoms with Gasteiger partial charge < -0.3 is 11.1 Å². The first-order valence-corrected chi connectivity index (χ1v) is 9.08. The smallest absolute Gasteiger partial charge is 0.189 e. The zero-order valence-electron chi connectivity index (χ0n) is 15.1. The van der Waals surface area contributed by atoms with Crippen molar-refractivity contribution in [3.63, 3.8) is 0 Å². The van der Waals surface area contributed by atoms with Crippen LogP contribution in [0.25, 0.3) is 0 Å². The molecular formula is C19H33IN4. The molecule has 1 aromatic carbocycles. The summed E-state index contributed by atoms with van der Waals surface area (Å²) in [5, 5.41) is 3.39. The first-order chi connectivity index (χ1) is 11.2. The summed E-state index contributed by atoms with van der Waals surface area (Å²) in [6.07, 6.45) is 6.40. The van der Waals surface area contributed by atoms with Crippen molar-refractivity contribution >= 4 is 29.9 Å². The van der Waals surface area contributed by atoms with Crippen LogP contribution in [0.1, 0.15) is 57.1 Å². The second-order valence-corrected chi connectivity index (χ2v) is 6.41. The molecule has 1 saturated carbocycles. The topological polar surface area (TPSA) is 53.6 Å². The lowest BCUT2D eigenvalue weighted by Gasteiger charge is -2.23. The van der Waals surface area contributed by atoms with Crippen molar-refractivity contribution in [1.82, 2.24) is 10.2 Å². The van der Waals surface area contributed by atoms with Crippen LogP contribution < -0.4 is 11.1 Å². The van der Waals surface area contributed by atoms with E-state index >= 15 is 0 Å². The summed E-state index contributed by atoms with van der Waals surface area (Å²) in [7, 11) is 0. The number of benzene rings is 1. The fourth-order valence-corrected chi connectivity index (χ4v) is 3.23. The maximum atomic E-state index is 6.08. The molecule has 136 valence electrons. The molecule has 5 heteroatoms. The average molecular weight is 444 g/mol. The summed E-state index contributed by atoms with van der Waals surface area (Å²) >= 11 is 0. The van der Waals surface area contributed by atoms with E-state index in [1.807, 2.05) is 0 Å². The molecule has 1 aromatic rings. The van der Waals surface area contributed by atoms with Gasteiger partial charge in [-0.3, -0.25) is 4.90 Å². The lowest BCUT2D eigenvalue weighted by atomic mass is 9.96. The zero-order valence-corrected chi connectivity index (χ0v) is 17.5. The van der Waals surface area contributed by atoms with Gasteiger partial charge in [0, 0.05) is 12.6 Å². The molecule has 0 unspecified atom stereocenters. The zero-order chi connectivity index (χ0) is 16.5. The Kier molecular flexibility index (Phi) is 10.3. The Bertz CT molecular complexity index is 494. The van der Waals surface area contributed by atoms with E-state index in [-0.39, 0.29) is 24.0 Å². The third-order valence-corrected chi connectivity index (χ3v) is 4.78. The van der Waals surface area contributed by atoms with Crippen LogP contribution in [0.15, 0.2) is 29.3 Å². The molecule has 24 heavy (non-hydrogen) atoms. The number of nitrogens with one attached hydrogen (secondary N) is 1. The molecule has 3 N–H and O–H groups in total. The van der Waals surface area contributed by atoms with Crippen LogP contribution in [0.3, 0.4) is 0 Å². The van der Waals surface area contributed by atoms with Gasteiger partial charge in [-0.05, 0) is 37.1 Å². The molecule has 0 radical (unpaired) electrons. The summed E-state index contributed by atoms with van der Waals surface area (Å²) in [6.45, 7) is 8.18. The van der Waals surface area contributed by atoms with Gasteiger partial charge in [0.2, 0.25) is 0 Å². The minimum atomic E-state index is 0. The summed E-state index contributed by atoms with van der Waals surface area (Å²) in [6, 6.07) is 9.07. The van der Waals surface area contributed by atoms with Crippen LogP contribution in [0.4, 0.5) is 0 Å². The predicted molar refractivity (Wildman–Crippen MR) is 114 cm³/mol. The Morgan fingerprint density at radius 2 is 1.75 bits per heavy atom. The number of hydrogen-bond donors (Lipinski definition) is 2. The van der Waals surface area contributed by atoms with Crippen LogP contribution in [0.2, 0.25) is 0 Å². The Balaban J connectivity index is 0.00000288. The lowest BCUT2D eigenvalue weighted by molar-refractivity contribution is 0.295. The van der Waals surface area contributed by atoms with Crippen molar-refractivity contribution in [2.45, 2.75) is 65.1 Å². The molecule has 0 saturated heterocycles. The molecular weight excluding hydrogens is 411 g/mol. The van der Waals surface area contributed by atoms with Crippen LogP contribution in [0.5, 0.6) is 0 Å². The first-order valence-electron chi connectivity index (χ1n) is 9.08. The molecule has 4 nitrogen and oxygen atoms in total. The number of guanidine groups is 1. The standard InChI is InChI=1S/C19H32N4.HI/c1-3-23(4-2)15-17-11-9-8-10-16(17)14-21-19(20)22-18-12-6-5-7-13-18;/h8-11,18H,3-7,12-15H2,1-2H3,(H3,20,21,22);1H. The van der Waals surface area contributed by atoms with Crippen molar-refractivity contribution in [3.8, 4) is 0 Å². The molecule has 1 aliphatic carbocycles. The second kappa shape index (κ2) is 11.7. The van der Waals surface area contributed by atoms with Gasteiger partial charge in [0.1, 0.15) is 0 Å². The normalized spacial score (nSPS) is 16.0. The predicted octanol–water partition coefficient (Wildman–Crippen LogP) is 3.88. The number of halogens is 1.